The fourth-order valence-electron chi connectivity index (χ4n) is 3.33. The van der Waals surface area contributed by atoms with Gasteiger partial charge in [-0.15, -0.1) is 0 Å². The third-order valence-corrected chi connectivity index (χ3v) is 4.83. The van der Waals surface area contributed by atoms with E-state index in [1.807, 2.05) is 23.1 Å². The van der Waals surface area contributed by atoms with Crippen LogP contribution >= 0.6 is 0 Å². The minimum absolute atomic E-state index is 0.0233. The Morgan fingerprint density at radius 3 is 2.47 bits per heavy atom. The van der Waals surface area contributed by atoms with Crippen LogP contribution in [-0.2, 0) is 11.3 Å². The van der Waals surface area contributed by atoms with Crippen molar-refractivity contribution >= 4 is 12.0 Å². The maximum atomic E-state index is 12.5. The number of carbonyl (C=O) groups is 1. The van der Waals surface area contributed by atoms with Crippen molar-refractivity contribution in [3.63, 3.8) is 0 Å². The molecule has 0 unspecified atom stereocenters. The van der Waals surface area contributed by atoms with Crippen LogP contribution in [0.3, 0.4) is 0 Å². The van der Waals surface area contributed by atoms with Gasteiger partial charge in [-0.25, -0.2) is 0 Å². The van der Waals surface area contributed by atoms with Crippen LogP contribution in [0.4, 0.5) is 8.78 Å². The molecule has 1 saturated heterocycles. The standard InChI is InChI=1S/C23H26F2N2O3/c1-2-29-21-16-18(8-10-20(21)30-23(24)25)9-11-22(28)27-14-12-26(13-15-27)17-19-6-4-3-5-7-19/h3-11,16,23H,2,12-15,17H2,1H3/b11-9+. The molecule has 0 saturated carbocycles. The van der Waals surface area contributed by atoms with Crippen molar-refractivity contribution in [2.24, 2.45) is 0 Å². The summed E-state index contributed by atoms with van der Waals surface area (Å²) in [6, 6.07) is 14.9. The van der Waals surface area contributed by atoms with E-state index in [2.05, 4.69) is 21.8 Å². The zero-order chi connectivity index (χ0) is 21.3. The van der Waals surface area contributed by atoms with Crippen molar-refractivity contribution in [1.82, 2.24) is 9.80 Å². The minimum atomic E-state index is -2.92. The maximum absolute atomic E-state index is 12.5. The molecule has 30 heavy (non-hydrogen) atoms. The number of ether oxygens (including phenoxy) is 2. The Bertz CT molecular complexity index is 851. The average molecular weight is 416 g/mol. The molecule has 2 aromatic carbocycles. The van der Waals surface area contributed by atoms with Crippen molar-refractivity contribution in [3.8, 4) is 11.5 Å². The molecule has 0 aromatic heterocycles. The minimum Gasteiger partial charge on any atom is -0.490 e. The molecule has 1 heterocycles. The van der Waals surface area contributed by atoms with Crippen LogP contribution in [0.5, 0.6) is 11.5 Å². The molecule has 0 N–H and O–H groups in total. The van der Waals surface area contributed by atoms with E-state index in [0.717, 1.165) is 19.6 Å². The molecule has 0 atom stereocenters. The lowest BCUT2D eigenvalue weighted by molar-refractivity contribution is -0.127. The lowest BCUT2D eigenvalue weighted by atomic mass is 10.1. The molecule has 1 fully saturated rings. The Kier molecular flexibility index (Phi) is 7.79. The van der Waals surface area contributed by atoms with Gasteiger partial charge in [0.15, 0.2) is 11.5 Å². The number of nitrogens with zero attached hydrogens (tertiary/aromatic N) is 2. The van der Waals surface area contributed by atoms with Crippen molar-refractivity contribution < 1.29 is 23.0 Å². The SMILES string of the molecule is CCOc1cc(/C=C/C(=O)N2CCN(Cc3ccccc3)CC2)ccc1OC(F)F. The van der Waals surface area contributed by atoms with E-state index >= 15 is 0 Å². The number of piperazine rings is 1. The lowest BCUT2D eigenvalue weighted by Gasteiger charge is -2.34. The molecule has 160 valence electrons. The lowest BCUT2D eigenvalue weighted by Crippen LogP contribution is -2.47. The van der Waals surface area contributed by atoms with E-state index in [1.54, 1.807) is 25.1 Å². The Morgan fingerprint density at radius 2 is 1.80 bits per heavy atom. The Morgan fingerprint density at radius 1 is 1.07 bits per heavy atom. The summed E-state index contributed by atoms with van der Waals surface area (Å²) in [6.07, 6.45) is 3.17. The molecule has 0 radical (unpaired) electrons. The van der Waals surface area contributed by atoms with Crippen molar-refractivity contribution in [3.05, 3.63) is 65.7 Å². The number of alkyl halides is 2. The van der Waals surface area contributed by atoms with Gasteiger partial charge < -0.3 is 14.4 Å². The van der Waals surface area contributed by atoms with Crippen LogP contribution in [0.25, 0.3) is 6.08 Å². The molecule has 1 aliphatic rings. The fourth-order valence-corrected chi connectivity index (χ4v) is 3.33. The summed E-state index contributed by atoms with van der Waals surface area (Å²) in [6.45, 7) is 3.02. The first-order valence-electron chi connectivity index (χ1n) is 10.00. The van der Waals surface area contributed by atoms with E-state index in [1.165, 1.54) is 17.7 Å². The normalized spacial score (nSPS) is 15.0. The van der Waals surface area contributed by atoms with Gasteiger partial charge >= 0.3 is 6.61 Å². The molecule has 5 nitrogen and oxygen atoms in total. The second-order valence-corrected chi connectivity index (χ2v) is 6.94. The molecule has 3 rings (SSSR count). The largest absolute Gasteiger partial charge is 0.490 e. The predicted octanol–water partition coefficient (Wildman–Crippen LogP) is 4.04. The highest BCUT2D eigenvalue weighted by molar-refractivity contribution is 5.92. The average Bonchev–Trinajstić information content (AvgIpc) is 2.75. The predicted molar refractivity (Wildman–Crippen MR) is 112 cm³/mol. The van der Waals surface area contributed by atoms with Gasteiger partial charge in [-0.05, 0) is 36.3 Å². The van der Waals surface area contributed by atoms with Gasteiger partial charge in [0.1, 0.15) is 0 Å². The first-order chi connectivity index (χ1) is 14.5. The summed E-state index contributed by atoms with van der Waals surface area (Å²) in [5, 5.41) is 0. The van der Waals surface area contributed by atoms with Crippen molar-refractivity contribution in [2.45, 2.75) is 20.1 Å². The summed E-state index contributed by atoms with van der Waals surface area (Å²) >= 11 is 0. The Balaban J connectivity index is 1.55. The van der Waals surface area contributed by atoms with Gasteiger partial charge in [-0.3, -0.25) is 9.69 Å². The van der Waals surface area contributed by atoms with Gasteiger partial charge in [-0.1, -0.05) is 36.4 Å². The van der Waals surface area contributed by atoms with E-state index in [0.29, 0.717) is 25.3 Å². The smallest absolute Gasteiger partial charge is 0.387 e. The van der Waals surface area contributed by atoms with Crippen molar-refractivity contribution in [1.29, 1.82) is 0 Å². The fraction of sp³-hybridized carbons (Fsp3) is 0.348. The van der Waals surface area contributed by atoms with Gasteiger partial charge in [-0.2, -0.15) is 8.78 Å². The Labute approximate surface area is 175 Å². The summed E-state index contributed by atoms with van der Waals surface area (Å²) < 4.78 is 34.8. The number of carbonyl (C=O) groups excluding carboxylic acids is 1. The van der Waals surface area contributed by atoms with E-state index in [-0.39, 0.29) is 17.4 Å². The molecule has 2 aromatic rings. The monoisotopic (exact) mass is 416 g/mol. The summed E-state index contributed by atoms with van der Waals surface area (Å²) in [7, 11) is 0. The van der Waals surface area contributed by atoms with Crippen molar-refractivity contribution in [2.75, 3.05) is 32.8 Å². The highest BCUT2D eigenvalue weighted by Gasteiger charge is 2.19. The summed E-state index contributed by atoms with van der Waals surface area (Å²) in [5.74, 6) is 0.131. The zero-order valence-electron chi connectivity index (χ0n) is 17.0. The number of rotatable bonds is 8. The van der Waals surface area contributed by atoms with Crippen LogP contribution in [0.15, 0.2) is 54.6 Å². The van der Waals surface area contributed by atoms with E-state index < -0.39 is 6.61 Å². The van der Waals surface area contributed by atoms with Crippen LogP contribution < -0.4 is 9.47 Å². The molecule has 0 bridgehead atoms. The first kappa shape index (κ1) is 21.8. The number of hydrogen-bond acceptors (Lipinski definition) is 4. The second kappa shape index (κ2) is 10.7. The van der Waals surface area contributed by atoms with E-state index in [9.17, 15) is 13.6 Å². The summed E-state index contributed by atoms with van der Waals surface area (Å²) in [4.78, 5) is 16.7. The molecular weight excluding hydrogens is 390 g/mol. The topological polar surface area (TPSA) is 42.0 Å². The number of hydrogen-bond donors (Lipinski definition) is 0. The van der Waals surface area contributed by atoms with Crippen LogP contribution in [0.1, 0.15) is 18.1 Å². The second-order valence-electron chi connectivity index (χ2n) is 6.94. The van der Waals surface area contributed by atoms with Gasteiger partial charge in [0, 0.05) is 38.8 Å². The van der Waals surface area contributed by atoms with Gasteiger partial charge in [0.25, 0.3) is 0 Å². The molecule has 0 spiro atoms. The molecule has 7 heteroatoms. The summed E-state index contributed by atoms with van der Waals surface area (Å²) in [5.41, 5.74) is 1.94. The first-order valence-corrected chi connectivity index (χ1v) is 10.00. The maximum Gasteiger partial charge on any atom is 0.387 e. The molecule has 1 aliphatic heterocycles. The quantitative estimate of drug-likeness (QED) is 0.609. The molecule has 0 aliphatic carbocycles. The van der Waals surface area contributed by atoms with E-state index in [4.69, 9.17) is 4.74 Å². The number of benzene rings is 2. The third-order valence-electron chi connectivity index (χ3n) is 4.83. The van der Waals surface area contributed by atoms with Crippen LogP contribution in [-0.4, -0.2) is 55.1 Å². The van der Waals surface area contributed by atoms with Crippen LogP contribution in [0.2, 0.25) is 0 Å². The highest BCUT2D eigenvalue weighted by atomic mass is 19.3. The third kappa shape index (κ3) is 6.29. The number of amides is 1. The molecular formula is C23H26F2N2O3. The van der Waals surface area contributed by atoms with Gasteiger partial charge in [0.2, 0.25) is 5.91 Å². The number of halogens is 2. The van der Waals surface area contributed by atoms with Gasteiger partial charge in [0.05, 0.1) is 6.61 Å². The molecule has 1 amide bonds. The Hall–Kier alpha value is -2.93. The highest BCUT2D eigenvalue weighted by Crippen LogP contribution is 2.30. The van der Waals surface area contributed by atoms with Crippen LogP contribution in [0, 0.1) is 0 Å². The zero-order valence-corrected chi connectivity index (χ0v) is 17.0.